The van der Waals surface area contributed by atoms with Crippen LogP contribution < -0.4 is 11.2 Å². The second-order valence-corrected chi connectivity index (χ2v) is 4.00. The molecule has 1 unspecified atom stereocenters. The molecule has 0 saturated heterocycles. The van der Waals surface area contributed by atoms with E-state index in [0.29, 0.717) is 5.76 Å². The van der Waals surface area contributed by atoms with Crippen molar-refractivity contribution in [2.75, 3.05) is 0 Å². The molecule has 0 bridgehead atoms. The molecule has 0 aromatic carbocycles. The Morgan fingerprint density at radius 2 is 2.21 bits per heavy atom. The molecule has 1 atom stereocenters. The Bertz CT molecular complexity index is 739. The predicted octanol–water partition coefficient (Wildman–Crippen LogP) is 0.141. The standard InChI is InChI=1S/C11H11N3O5/c1-5-3-12-9(19-5)6(2)14-4-7(10(16)17)8(15)13-11(14)18/h3-4,6H,1-2H3,(H,16,17)(H,13,15,18). The van der Waals surface area contributed by atoms with E-state index < -0.39 is 28.8 Å². The second-order valence-electron chi connectivity index (χ2n) is 4.00. The fourth-order valence-electron chi connectivity index (χ4n) is 1.61. The highest BCUT2D eigenvalue weighted by molar-refractivity contribution is 5.86. The number of aromatic nitrogens is 3. The van der Waals surface area contributed by atoms with E-state index >= 15 is 0 Å². The van der Waals surface area contributed by atoms with Crippen molar-refractivity contribution < 1.29 is 14.3 Å². The molecule has 2 N–H and O–H groups in total. The Hall–Kier alpha value is -2.64. The summed E-state index contributed by atoms with van der Waals surface area (Å²) >= 11 is 0. The summed E-state index contributed by atoms with van der Waals surface area (Å²) in [5.41, 5.74) is -2.18. The first-order valence-corrected chi connectivity index (χ1v) is 5.41. The third-order valence-electron chi connectivity index (χ3n) is 2.61. The van der Waals surface area contributed by atoms with Gasteiger partial charge in [0.15, 0.2) is 0 Å². The van der Waals surface area contributed by atoms with E-state index in [-0.39, 0.29) is 5.89 Å². The molecule has 19 heavy (non-hydrogen) atoms. The van der Waals surface area contributed by atoms with Gasteiger partial charge in [-0.1, -0.05) is 0 Å². The Morgan fingerprint density at radius 3 is 2.74 bits per heavy atom. The van der Waals surface area contributed by atoms with Gasteiger partial charge in [0.2, 0.25) is 5.89 Å². The highest BCUT2D eigenvalue weighted by Gasteiger charge is 2.18. The number of H-pyrrole nitrogens is 1. The van der Waals surface area contributed by atoms with E-state index in [1.807, 2.05) is 4.98 Å². The van der Waals surface area contributed by atoms with Crippen molar-refractivity contribution in [1.82, 2.24) is 14.5 Å². The summed E-state index contributed by atoms with van der Waals surface area (Å²) in [6, 6.07) is -0.629. The number of rotatable bonds is 3. The van der Waals surface area contributed by atoms with Crippen LogP contribution in [0.4, 0.5) is 0 Å². The second kappa shape index (κ2) is 4.56. The summed E-state index contributed by atoms with van der Waals surface area (Å²) in [4.78, 5) is 39.8. The highest BCUT2D eigenvalue weighted by Crippen LogP contribution is 2.15. The fourth-order valence-corrected chi connectivity index (χ4v) is 1.61. The smallest absolute Gasteiger partial charge is 0.342 e. The molecule has 2 aromatic rings. The molecule has 8 heteroatoms. The average molecular weight is 265 g/mol. The largest absolute Gasteiger partial charge is 0.477 e. The monoisotopic (exact) mass is 265 g/mol. The van der Waals surface area contributed by atoms with Crippen LogP contribution >= 0.6 is 0 Å². The molecule has 0 aliphatic rings. The van der Waals surface area contributed by atoms with Crippen molar-refractivity contribution in [2.24, 2.45) is 0 Å². The molecule has 0 saturated carbocycles. The average Bonchev–Trinajstić information content (AvgIpc) is 2.74. The summed E-state index contributed by atoms with van der Waals surface area (Å²) in [6.07, 6.45) is 2.47. The van der Waals surface area contributed by atoms with Crippen LogP contribution in [0.25, 0.3) is 0 Å². The maximum Gasteiger partial charge on any atom is 0.342 e. The molecule has 0 aliphatic heterocycles. The molecule has 0 radical (unpaired) electrons. The number of nitrogens with zero attached hydrogens (tertiary/aromatic N) is 2. The minimum absolute atomic E-state index is 0.253. The summed E-state index contributed by atoms with van der Waals surface area (Å²) in [7, 11) is 0. The lowest BCUT2D eigenvalue weighted by Crippen LogP contribution is -2.35. The summed E-state index contributed by atoms with van der Waals surface area (Å²) in [5, 5.41) is 8.86. The van der Waals surface area contributed by atoms with Crippen molar-refractivity contribution in [3.8, 4) is 0 Å². The van der Waals surface area contributed by atoms with E-state index in [9.17, 15) is 14.4 Å². The summed E-state index contributed by atoms with van der Waals surface area (Å²) < 4.78 is 6.33. The van der Waals surface area contributed by atoms with Gasteiger partial charge in [-0.2, -0.15) is 0 Å². The number of oxazole rings is 1. The lowest BCUT2D eigenvalue weighted by atomic mass is 10.3. The van der Waals surface area contributed by atoms with Crippen molar-refractivity contribution in [3.05, 3.63) is 50.4 Å². The number of nitrogens with one attached hydrogen (secondary N) is 1. The van der Waals surface area contributed by atoms with Gasteiger partial charge < -0.3 is 9.52 Å². The van der Waals surface area contributed by atoms with E-state index in [1.165, 1.54) is 6.20 Å². The number of aromatic carboxylic acids is 1. The number of hydrogen-bond donors (Lipinski definition) is 2. The zero-order chi connectivity index (χ0) is 14.2. The minimum atomic E-state index is -1.41. The van der Waals surface area contributed by atoms with Crippen LogP contribution in [0.15, 0.2) is 26.4 Å². The molecular weight excluding hydrogens is 254 g/mol. The quantitative estimate of drug-likeness (QED) is 0.814. The fraction of sp³-hybridized carbons (Fsp3) is 0.273. The number of aromatic amines is 1. The van der Waals surface area contributed by atoms with E-state index in [2.05, 4.69) is 4.98 Å². The van der Waals surface area contributed by atoms with E-state index in [1.54, 1.807) is 13.8 Å². The SMILES string of the molecule is Cc1cnc(C(C)n2cc(C(=O)O)c(=O)[nH]c2=O)o1. The third kappa shape index (κ3) is 2.32. The third-order valence-corrected chi connectivity index (χ3v) is 2.61. The molecule has 0 aliphatic carbocycles. The van der Waals surface area contributed by atoms with Crippen molar-refractivity contribution in [3.63, 3.8) is 0 Å². The molecule has 2 rings (SSSR count). The van der Waals surface area contributed by atoms with Gasteiger partial charge in [0, 0.05) is 6.20 Å². The van der Waals surface area contributed by atoms with Crippen LogP contribution in [0.5, 0.6) is 0 Å². The molecule has 2 aromatic heterocycles. The van der Waals surface area contributed by atoms with Gasteiger partial charge in [0.25, 0.3) is 5.56 Å². The van der Waals surface area contributed by atoms with Gasteiger partial charge >= 0.3 is 11.7 Å². The van der Waals surface area contributed by atoms with Gasteiger partial charge in [0.1, 0.15) is 17.4 Å². The number of hydrogen-bond acceptors (Lipinski definition) is 5. The zero-order valence-corrected chi connectivity index (χ0v) is 10.2. The lowest BCUT2D eigenvalue weighted by Gasteiger charge is -2.11. The van der Waals surface area contributed by atoms with Gasteiger partial charge in [-0.15, -0.1) is 0 Å². The Balaban J connectivity index is 2.56. The normalized spacial score (nSPS) is 12.3. The lowest BCUT2D eigenvalue weighted by molar-refractivity contribution is 0.0693. The number of carboxylic acids is 1. The van der Waals surface area contributed by atoms with Crippen LogP contribution in [0.3, 0.4) is 0 Å². The molecule has 0 amide bonds. The highest BCUT2D eigenvalue weighted by atomic mass is 16.4. The molecule has 8 nitrogen and oxygen atoms in total. The van der Waals surface area contributed by atoms with Crippen LogP contribution in [-0.4, -0.2) is 25.6 Å². The van der Waals surface area contributed by atoms with Crippen LogP contribution in [0, 0.1) is 6.92 Å². The van der Waals surface area contributed by atoms with Crippen molar-refractivity contribution in [2.45, 2.75) is 19.9 Å². The maximum atomic E-state index is 11.7. The van der Waals surface area contributed by atoms with Crippen molar-refractivity contribution >= 4 is 5.97 Å². The zero-order valence-electron chi connectivity index (χ0n) is 10.2. The van der Waals surface area contributed by atoms with Crippen LogP contribution in [0.2, 0.25) is 0 Å². The topological polar surface area (TPSA) is 118 Å². The predicted molar refractivity (Wildman–Crippen MR) is 63.3 cm³/mol. The van der Waals surface area contributed by atoms with E-state index in [4.69, 9.17) is 9.52 Å². The molecular formula is C11H11N3O5. The first-order valence-electron chi connectivity index (χ1n) is 5.41. The number of carbonyl (C=O) groups is 1. The maximum absolute atomic E-state index is 11.7. The van der Waals surface area contributed by atoms with Gasteiger partial charge in [-0.05, 0) is 13.8 Å². The summed E-state index contributed by atoms with van der Waals surface area (Å²) in [6.45, 7) is 3.30. The number of aryl methyl sites for hydroxylation is 1. The Labute approximate surface area is 106 Å². The molecule has 0 fully saturated rings. The first kappa shape index (κ1) is 12.8. The Kier molecular flexibility index (Phi) is 3.07. The Morgan fingerprint density at radius 1 is 1.53 bits per heavy atom. The van der Waals surface area contributed by atoms with Gasteiger partial charge in [-0.3, -0.25) is 14.3 Å². The number of carboxylic acid groups (broad SMARTS) is 1. The first-order chi connectivity index (χ1) is 8.90. The minimum Gasteiger partial charge on any atom is -0.477 e. The van der Waals surface area contributed by atoms with Crippen LogP contribution in [0.1, 0.15) is 35.0 Å². The molecule has 0 spiro atoms. The van der Waals surface area contributed by atoms with Crippen LogP contribution in [-0.2, 0) is 0 Å². The molecule has 2 heterocycles. The van der Waals surface area contributed by atoms with E-state index in [0.717, 1.165) is 10.8 Å². The van der Waals surface area contributed by atoms with Crippen molar-refractivity contribution in [1.29, 1.82) is 0 Å². The van der Waals surface area contributed by atoms with Gasteiger partial charge in [-0.25, -0.2) is 14.6 Å². The summed E-state index contributed by atoms with van der Waals surface area (Å²) in [5.74, 6) is -0.591. The molecule has 100 valence electrons. The van der Waals surface area contributed by atoms with Gasteiger partial charge in [0.05, 0.1) is 6.20 Å².